The third kappa shape index (κ3) is 6.11. The zero-order valence-electron chi connectivity index (χ0n) is 13.7. The standard InChI is InChI=1S/C15H18ClN5O2S2/c1-10(2)9-17-15(24)18-11-3-5-12(6-4-11)25(22,23)21-14-8-7-13(16)19-20-14/h3-8,10H,9H2,1-2H3,(H,20,21)(H2,17,18,24). The maximum Gasteiger partial charge on any atom is 0.263 e. The molecule has 1 aromatic carbocycles. The number of hydrogen-bond acceptors (Lipinski definition) is 5. The number of nitrogens with one attached hydrogen (secondary N) is 3. The van der Waals surface area contributed by atoms with Crippen molar-refractivity contribution in [1.82, 2.24) is 15.5 Å². The molecular weight excluding hydrogens is 382 g/mol. The van der Waals surface area contributed by atoms with Gasteiger partial charge in [-0.1, -0.05) is 25.4 Å². The van der Waals surface area contributed by atoms with Crippen molar-refractivity contribution in [2.75, 3.05) is 16.6 Å². The van der Waals surface area contributed by atoms with E-state index in [0.29, 0.717) is 16.7 Å². The molecule has 0 spiro atoms. The van der Waals surface area contributed by atoms with Crippen molar-refractivity contribution in [3.63, 3.8) is 0 Å². The molecule has 2 aromatic rings. The summed E-state index contributed by atoms with van der Waals surface area (Å²) in [4.78, 5) is 0.0934. The third-order valence-electron chi connectivity index (χ3n) is 2.96. The van der Waals surface area contributed by atoms with Crippen LogP contribution in [0.3, 0.4) is 0 Å². The lowest BCUT2D eigenvalue weighted by atomic mass is 10.2. The normalized spacial score (nSPS) is 11.2. The van der Waals surface area contributed by atoms with Gasteiger partial charge in [0.15, 0.2) is 16.1 Å². The molecule has 1 heterocycles. The zero-order chi connectivity index (χ0) is 18.4. The Labute approximate surface area is 157 Å². The van der Waals surface area contributed by atoms with E-state index in [1.165, 1.54) is 24.3 Å². The minimum Gasteiger partial charge on any atom is -0.362 e. The van der Waals surface area contributed by atoms with E-state index in [4.69, 9.17) is 23.8 Å². The van der Waals surface area contributed by atoms with E-state index in [9.17, 15) is 8.42 Å². The number of nitrogens with zero attached hydrogens (tertiary/aromatic N) is 2. The Bertz CT molecular complexity index is 824. The minimum atomic E-state index is -3.76. The van der Waals surface area contributed by atoms with Gasteiger partial charge in [-0.2, -0.15) is 0 Å². The van der Waals surface area contributed by atoms with Crippen LogP contribution in [0, 0.1) is 5.92 Å². The van der Waals surface area contributed by atoms with Gasteiger partial charge < -0.3 is 10.6 Å². The van der Waals surface area contributed by atoms with Crippen LogP contribution in [0.5, 0.6) is 0 Å². The summed E-state index contributed by atoms with van der Waals surface area (Å²) in [5, 5.41) is 14.0. The Morgan fingerprint density at radius 3 is 2.40 bits per heavy atom. The number of thiocarbonyl (C=S) groups is 1. The van der Waals surface area contributed by atoms with Gasteiger partial charge in [-0.3, -0.25) is 4.72 Å². The first kappa shape index (κ1) is 19.4. The molecule has 0 aliphatic rings. The summed E-state index contributed by atoms with van der Waals surface area (Å²) in [6.45, 7) is 4.91. The highest BCUT2D eigenvalue weighted by Gasteiger charge is 2.15. The van der Waals surface area contributed by atoms with E-state index >= 15 is 0 Å². The summed E-state index contributed by atoms with van der Waals surface area (Å²) in [5.41, 5.74) is 0.687. The van der Waals surface area contributed by atoms with Crippen LogP contribution in [-0.2, 0) is 10.0 Å². The fourth-order valence-electron chi connectivity index (χ4n) is 1.76. The maximum atomic E-state index is 12.3. The molecule has 0 aliphatic carbocycles. The SMILES string of the molecule is CC(C)CNC(=S)Nc1ccc(S(=O)(=O)Nc2ccc(Cl)nn2)cc1. The number of hydrogen-bond donors (Lipinski definition) is 3. The van der Waals surface area contributed by atoms with E-state index in [1.807, 2.05) is 0 Å². The molecule has 7 nitrogen and oxygen atoms in total. The Kier molecular flexibility index (Phi) is 6.51. The van der Waals surface area contributed by atoms with E-state index in [1.54, 1.807) is 12.1 Å². The molecule has 0 saturated heterocycles. The monoisotopic (exact) mass is 399 g/mol. The van der Waals surface area contributed by atoms with Crippen molar-refractivity contribution in [1.29, 1.82) is 0 Å². The number of halogens is 1. The van der Waals surface area contributed by atoms with Crippen LogP contribution in [-0.4, -0.2) is 30.3 Å². The summed E-state index contributed by atoms with van der Waals surface area (Å²) in [6.07, 6.45) is 0. The molecule has 0 bridgehead atoms. The third-order valence-corrected chi connectivity index (χ3v) is 4.78. The van der Waals surface area contributed by atoms with Crippen molar-refractivity contribution in [2.45, 2.75) is 18.7 Å². The fourth-order valence-corrected chi connectivity index (χ4v) is 3.05. The maximum absolute atomic E-state index is 12.3. The Morgan fingerprint density at radius 2 is 1.84 bits per heavy atom. The molecule has 0 unspecified atom stereocenters. The molecule has 0 aliphatic heterocycles. The molecule has 0 fully saturated rings. The molecule has 10 heteroatoms. The average molecular weight is 400 g/mol. The number of sulfonamides is 1. The largest absolute Gasteiger partial charge is 0.362 e. The van der Waals surface area contributed by atoms with Gasteiger partial charge in [0.25, 0.3) is 10.0 Å². The zero-order valence-corrected chi connectivity index (χ0v) is 16.0. The molecular formula is C15H18ClN5O2S2. The molecule has 0 saturated carbocycles. The van der Waals surface area contributed by atoms with Crippen molar-refractivity contribution >= 4 is 50.5 Å². The van der Waals surface area contributed by atoms with Gasteiger partial charge in [-0.15, -0.1) is 10.2 Å². The summed E-state index contributed by atoms with van der Waals surface area (Å²) < 4.78 is 27.0. The molecule has 0 amide bonds. The Morgan fingerprint density at radius 1 is 1.16 bits per heavy atom. The number of aromatic nitrogens is 2. The van der Waals surface area contributed by atoms with Crippen molar-refractivity contribution < 1.29 is 8.42 Å². The lowest BCUT2D eigenvalue weighted by Crippen LogP contribution is -2.31. The first-order chi connectivity index (χ1) is 11.8. The predicted octanol–water partition coefficient (Wildman–Crippen LogP) is 2.87. The summed E-state index contributed by atoms with van der Waals surface area (Å²) in [7, 11) is -3.76. The van der Waals surface area contributed by atoms with E-state index in [2.05, 4.69) is 39.4 Å². The Balaban J connectivity index is 2.02. The second kappa shape index (κ2) is 8.41. The second-order valence-electron chi connectivity index (χ2n) is 5.60. The van der Waals surface area contributed by atoms with Gasteiger partial charge in [0.1, 0.15) is 0 Å². The van der Waals surface area contributed by atoms with Crippen LogP contribution in [0.4, 0.5) is 11.5 Å². The van der Waals surface area contributed by atoms with Crippen LogP contribution in [0.2, 0.25) is 5.15 Å². The summed E-state index contributed by atoms with van der Waals surface area (Å²) in [5.74, 6) is 0.556. The van der Waals surface area contributed by atoms with Crippen LogP contribution in [0.15, 0.2) is 41.3 Å². The quantitative estimate of drug-likeness (QED) is 0.642. The average Bonchev–Trinajstić information content (AvgIpc) is 2.55. The van der Waals surface area contributed by atoms with E-state index in [-0.39, 0.29) is 15.9 Å². The van der Waals surface area contributed by atoms with E-state index in [0.717, 1.165) is 6.54 Å². The second-order valence-corrected chi connectivity index (χ2v) is 8.08. The number of rotatable bonds is 6. The van der Waals surface area contributed by atoms with Gasteiger partial charge >= 0.3 is 0 Å². The Hall–Kier alpha value is -1.97. The van der Waals surface area contributed by atoms with Crippen molar-refractivity contribution in [3.05, 3.63) is 41.6 Å². The topological polar surface area (TPSA) is 96.0 Å². The molecule has 1 aromatic heterocycles. The summed E-state index contributed by atoms with van der Waals surface area (Å²) in [6, 6.07) is 9.08. The summed E-state index contributed by atoms with van der Waals surface area (Å²) >= 11 is 10.8. The fraction of sp³-hybridized carbons (Fsp3) is 0.267. The van der Waals surface area contributed by atoms with Gasteiger partial charge in [-0.05, 0) is 54.5 Å². The molecule has 134 valence electrons. The minimum absolute atomic E-state index is 0.0886. The highest BCUT2D eigenvalue weighted by atomic mass is 35.5. The van der Waals surface area contributed by atoms with Crippen LogP contribution < -0.4 is 15.4 Å². The van der Waals surface area contributed by atoms with Crippen molar-refractivity contribution in [3.8, 4) is 0 Å². The molecule has 3 N–H and O–H groups in total. The van der Waals surface area contributed by atoms with Gasteiger partial charge in [0.05, 0.1) is 4.90 Å². The first-order valence-corrected chi connectivity index (χ1v) is 9.70. The van der Waals surface area contributed by atoms with Gasteiger partial charge in [-0.25, -0.2) is 8.42 Å². The highest BCUT2D eigenvalue weighted by Crippen LogP contribution is 2.17. The number of benzene rings is 1. The van der Waals surface area contributed by atoms with Crippen LogP contribution in [0.25, 0.3) is 0 Å². The first-order valence-electron chi connectivity index (χ1n) is 7.43. The lowest BCUT2D eigenvalue weighted by molar-refractivity contribution is 0.601. The van der Waals surface area contributed by atoms with Gasteiger partial charge in [0, 0.05) is 12.2 Å². The van der Waals surface area contributed by atoms with Crippen molar-refractivity contribution in [2.24, 2.45) is 5.92 Å². The van der Waals surface area contributed by atoms with Gasteiger partial charge in [0.2, 0.25) is 0 Å². The predicted molar refractivity (Wildman–Crippen MR) is 103 cm³/mol. The van der Waals surface area contributed by atoms with Crippen LogP contribution >= 0.6 is 23.8 Å². The van der Waals surface area contributed by atoms with Crippen LogP contribution in [0.1, 0.15) is 13.8 Å². The number of anilines is 2. The molecule has 2 rings (SSSR count). The molecule has 0 atom stereocenters. The molecule has 0 radical (unpaired) electrons. The highest BCUT2D eigenvalue weighted by molar-refractivity contribution is 7.92. The smallest absolute Gasteiger partial charge is 0.263 e. The van der Waals surface area contributed by atoms with E-state index < -0.39 is 10.0 Å². The molecule has 25 heavy (non-hydrogen) atoms. The lowest BCUT2D eigenvalue weighted by Gasteiger charge is -2.12.